The predicted octanol–water partition coefficient (Wildman–Crippen LogP) is 3.75. The topological polar surface area (TPSA) is 74.2 Å². The molecule has 0 saturated heterocycles. The van der Waals surface area contributed by atoms with Gasteiger partial charge in [0.15, 0.2) is 0 Å². The van der Waals surface area contributed by atoms with Crippen molar-refractivity contribution in [3.63, 3.8) is 0 Å². The molecule has 0 spiro atoms. The lowest BCUT2D eigenvalue weighted by molar-refractivity contribution is -0.0203. The summed E-state index contributed by atoms with van der Waals surface area (Å²) >= 11 is 0. The van der Waals surface area contributed by atoms with E-state index in [-0.39, 0.29) is 11.5 Å². The third-order valence-corrected chi connectivity index (χ3v) is 3.40. The minimum atomic E-state index is -0.207. The highest BCUT2D eigenvalue weighted by Crippen LogP contribution is 2.35. The number of ether oxygens (including phenoxy) is 1. The van der Waals surface area contributed by atoms with Gasteiger partial charge < -0.3 is 15.0 Å². The molecule has 5 heteroatoms. The van der Waals surface area contributed by atoms with Gasteiger partial charge in [-0.25, -0.2) is 0 Å². The number of hydrogen-bond donors (Lipinski definition) is 1. The van der Waals surface area contributed by atoms with Crippen LogP contribution in [0, 0.1) is 12.3 Å². The second kappa shape index (κ2) is 5.85. The molecule has 1 heterocycles. The fourth-order valence-corrected chi connectivity index (χ4v) is 2.21. The molecule has 1 atom stereocenters. The van der Waals surface area contributed by atoms with Crippen LogP contribution in [0.5, 0.6) is 0 Å². The lowest BCUT2D eigenvalue weighted by Gasteiger charge is -2.27. The van der Waals surface area contributed by atoms with Gasteiger partial charge in [-0.2, -0.15) is 4.98 Å². The van der Waals surface area contributed by atoms with Gasteiger partial charge in [-0.3, -0.25) is 0 Å². The molecule has 2 aromatic rings. The van der Waals surface area contributed by atoms with Crippen LogP contribution in [0.3, 0.4) is 0 Å². The molecule has 0 aliphatic heterocycles. The molecule has 1 unspecified atom stereocenters. The largest absolute Gasteiger partial charge is 0.398 e. The van der Waals surface area contributed by atoms with Crippen molar-refractivity contribution in [1.82, 2.24) is 10.1 Å². The minimum absolute atomic E-state index is 0.109. The molecule has 0 fully saturated rings. The second-order valence-corrected chi connectivity index (χ2v) is 6.18. The molecule has 114 valence electrons. The summed E-state index contributed by atoms with van der Waals surface area (Å²) in [6.45, 7) is 10.8. The summed E-state index contributed by atoms with van der Waals surface area (Å²) in [5, 5.41) is 4.10. The predicted molar refractivity (Wildman–Crippen MR) is 82.7 cm³/mol. The maximum absolute atomic E-state index is 5.93. The van der Waals surface area contributed by atoms with Crippen molar-refractivity contribution in [3.05, 3.63) is 29.6 Å². The Balaban J connectivity index is 2.39. The molecule has 0 saturated carbocycles. The summed E-state index contributed by atoms with van der Waals surface area (Å²) in [5.74, 6) is 1.05. The Morgan fingerprint density at radius 2 is 2.05 bits per heavy atom. The first-order valence-corrected chi connectivity index (χ1v) is 7.15. The zero-order valence-electron chi connectivity index (χ0n) is 13.3. The van der Waals surface area contributed by atoms with Crippen LogP contribution in [0.15, 0.2) is 22.7 Å². The number of nitrogens with zero attached hydrogens (tertiary/aromatic N) is 2. The fourth-order valence-electron chi connectivity index (χ4n) is 2.21. The van der Waals surface area contributed by atoms with Gasteiger partial charge in [0.2, 0.25) is 5.82 Å². The minimum Gasteiger partial charge on any atom is -0.398 e. The van der Waals surface area contributed by atoms with E-state index >= 15 is 0 Å². The lowest BCUT2D eigenvalue weighted by Crippen LogP contribution is -2.22. The quantitative estimate of drug-likeness (QED) is 0.868. The molecular weight excluding hydrogens is 266 g/mol. The number of nitrogens with two attached hydrogens (primary N) is 1. The Morgan fingerprint density at radius 3 is 2.67 bits per heavy atom. The Hall–Kier alpha value is -1.88. The zero-order valence-corrected chi connectivity index (χ0v) is 13.3. The van der Waals surface area contributed by atoms with E-state index in [2.05, 4.69) is 30.9 Å². The summed E-state index contributed by atoms with van der Waals surface area (Å²) in [4.78, 5) is 4.51. The van der Waals surface area contributed by atoms with Crippen LogP contribution in [-0.4, -0.2) is 16.7 Å². The fraction of sp³-hybridized carbons (Fsp3) is 0.500. The van der Waals surface area contributed by atoms with E-state index < -0.39 is 0 Å². The van der Waals surface area contributed by atoms with E-state index in [4.69, 9.17) is 15.0 Å². The van der Waals surface area contributed by atoms with Crippen molar-refractivity contribution in [2.45, 2.75) is 40.7 Å². The van der Waals surface area contributed by atoms with Gasteiger partial charge in [-0.1, -0.05) is 32.0 Å². The third-order valence-electron chi connectivity index (χ3n) is 3.40. The van der Waals surface area contributed by atoms with E-state index in [0.717, 1.165) is 11.1 Å². The molecule has 21 heavy (non-hydrogen) atoms. The zero-order chi connectivity index (χ0) is 15.6. The Kier molecular flexibility index (Phi) is 4.32. The Labute approximate surface area is 125 Å². The van der Waals surface area contributed by atoms with Crippen LogP contribution in [0.1, 0.15) is 45.2 Å². The smallest absolute Gasteiger partial charge is 0.258 e. The highest BCUT2D eigenvalue weighted by atomic mass is 16.5. The summed E-state index contributed by atoms with van der Waals surface area (Å²) in [5.41, 5.74) is 8.33. The number of rotatable bonds is 4. The number of nitrogen functional groups attached to an aromatic ring is 1. The van der Waals surface area contributed by atoms with Gasteiger partial charge in [0.1, 0.15) is 6.10 Å². The average molecular weight is 289 g/mol. The van der Waals surface area contributed by atoms with Crippen LogP contribution < -0.4 is 5.73 Å². The lowest BCUT2D eigenvalue weighted by atomic mass is 9.88. The van der Waals surface area contributed by atoms with Crippen molar-refractivity contribution in [2.24, 2.45) is 5.41 Å². The highest BCUT2D eigenvalue weighted by molar-refractivity contribution is 5.66. The van der Waals surface area contributed by atoms with Crippen molar-refractivity contribution in [1.29, 1.82) is 0 Å². The van der Waals surface area contributed by atoms with Crippen molar-refractivity contribution >= 4 is 5.69 Å². The average Bonchev–Trinajstić information content (AvgIpc) is 2.87. The van der Waals surface area contributed by atoms with E-state index in [1.165, 1.54) is 0 Å². The van der Waals surface area contributed by atoms with Gasteiger partial charge in [0.05, 0.1) is 0 Å². The number of hydrogen-bond acceptors (Lipinski definition) is 5. The van der Waals surface area contributed by atoms with Gasteiger partial charge in [-0.05, 0) is 37.0 Å². The highest BCUT2D eigenvalue weighted by Gasteiger charge is 2.31. The van der Waals surface area contributed by atoms with Crippen LogP contribution in [0.2, 0.25) is 0 Å². The molecule has 0 bridgehead atoms. The number of anilines is 1. The molecule has 1 aromatic heterocycles. The number of benzene rings is 1. The van der Waals surface area contributed by atoms with Crippen LogP contribution in [0.4, 0.5) is 5.69 Å². The molecule has 2 rings (SSSR count). The van der Waals surface area contributed by atoms with E-state index in [1.54, 1.807) is 0 Å². The maximum atomic E-state index is 5.93. The van der Waals surface area contributed by atoms with Crippen LogP contribution >= 0.6 is 0 Å². The Morgan fingerprint density at radius 1 is 1.33 bits per heavy atom. The molecular formula is C16H23N3O2. The maximum Gasteiger partial charge on any atom is 0.258 e. The van der Waals surface area contributed by atoms with Gasteiger partial charge in [-0.15, -0.1) is 0 Å². The normalized spacial score (nSPS) is 13.4. The van der Waals surface area contributed by atoms with Gasteiger partial charge >= 0.3 is 0 Å². The van der Waals surface area contributed by atoms with Gasteiger partial charge in [0.25, 0.3) is 5.89 Å². The van der Waals surface area contributed by atoms with E-state index in [9.17, 15) is 0 Å². The molecule has 0 radical (unpaired) electrons. The first kappa shape index (κ1) is 15.5. The summed E-state index contributed by atoms with van der Waals surface area (Å²) in [7, 11) is 0. The summed E-state index contributed by atoms with van der Waals surface area (Å²) in [6.07, 6.45) is -0.207. The standard InChI is InChI=1S/C16H23N3O2/c1-6-20-13(16(3,4)5)14-18-15(21-19-14)11-8-7-9-12(17)10(11)2/h7-9,13H,6,17H2,1-5H3. The SMILES string of the molecule is CCOC(c1noc(-c2cccc(N)c2C)n1)C(C)(C)C. The van der Waals surface area contributed by atoms with Crippen molar-refractivity contribution in [2.75, 3.05) is 12.3 Å². The van der Waals surface area contributed by atoms with Crippen molar-refractivity contribution in [3.8, 4) is 11.5 Å². The van der Waals surface area contributed by atoms with Gasteiger partial charge in [0, 0.05) is 17.9 Å². The molecule has 0 aliphatic carbocycles. The molecule has 1 aromatic carbocycles. The number of aromatic nitrogens is 2. The monoisotopic (exact) mass is 289 g/mol. The third kappa shape index (κ3) is 3.24. The summed E-state index contributed by atoms with van der Waals surface area (Å²) < 4.78 is 11.2. The summed E-state index contributed by atoms with van der Waals surface area (Å²) in [6, 6.07) is 5.66. The molecule has 5 nitrogen and oxygen atoms in total. The van der Waals surface area contributed by atoms with E-state index in [0.29, 0.717) is 24.0 Å². The first-order chi connectivity index (χ1) is 9.84. The first-order valence-electron chi connectivity index (χ1n) is 7.15. The Bertz CT molecular complexity index is 614. The molecule has 0 amide bonds. The van der Waals surface area contributed by atoms with Crippen LogP contribution in [0.25, 0.3) is 11.5 Å². The molecule has 0 aliphatic rings. The van der Waals surface area contributed by atoms with Crippen molar-refractivity contribution < 1.29 is 9.26 Å². The van der Waals surface area contributed by atoms with E-state index in [1.807, 2.05) is 32.0 Å². The van der Waals surface area contributed by atoms with Crippen LogP contribution in [-0.2, 0) is 4.74 Å². The second-order valence-electron chi connectivity index (χ2n) is 6.18. The molecule has 2 N–H and O–H groups in total.